The van der Waals surface area contributed by atoms with E-state index in [-0.39, 0.29) is 24.0 Å². The first kappa shape index (κ1) is 23.4. The fourth-order valence-corrected chi connectivity index (χ4v) is 2.82. The zero-order valence-corrected chi connectivity index (χ0v) is 19.0. The Bertz CT molecular complexity index is 656. The molecular weight excluding hydrogens is 451 g/mol. The Balaban J connectivity index is 0.00000364. The quantitative estimate of drug-likeness (QED) is 0.229. The molecule has 0 saturated carbocycles. The molecule has 1 atom stereocenters. The minimum absolute atomic E-state index is 0. The monoisotopic (exact) mass is 484 g/mol. The maximum atomic E-state index is 4.70. The second-order valence-corrected chi connectivity index (χ2v) is 6.54. The van der Waals surface area contributed by atoms with Gasteiger partial charge in [-0.2, -0.15) is 0 Å². The molecule has 0 saturated heterocycles. The molecule has 0 fully saturated rings. The van der Waals surface area contributed by atoms with E-state index < -0.39 is 0 Å². The van der Waals surface area contributed by atoms with E-state index in [1.807, 2.05) is 34.9 Å². The first-order chi connectivity index (χ1) is 12.7. The van der Waals surface area contributed by atoms with Crippen LogP contribution in [0.5, 0.6) is 0 Å². The van der Waals surface area contributed by atoms with E-state index >= 15 is 0 Å². The summed E-state index contributed by atoms with van der Waals surface area (Å²) in [7, 11) is 0. The smallest absolute Gasteiger partial charge is 0.191 e. The molecule has 1 aromatic carbocycles. The van der Waals surface area contributed by atoms with Gasteiger partial charge in [0.2, 0.25) is 0 Å². The third-order valence-electron chi connectivity index (χ3n) is 4.25. The lowest BCUT2D eigenvalue weighted by molar-refractivity contribution is 0.537. The zero-order chi connectivity index (χ0) is 18.6. The van der Waals surface area contributed by atoms with Gasteiger partial charge in [0.1, 0.15) is 12.9 Å². The molecule has 1 heterocycles. The highest BCUT2D eigenvalue weighted by molar-refractivity contribution is 14.0. The number of nitrogens with zero attached hydrogens (tertiary/aromatic N) is 4. The van der Waals surface area contributed by atoms with Crippen molar-refractivity contribution < 1.29 is 0 Å². The minimum Gasteiger partial charge on any atom is -0.357 e. The number of halogens is 1. The molecule has 0 radical (unpaired) electrons. The first-order valence-electron chi connectivity index (χ1n) is 9.73. The molecule has 1 unspecified atom stereocenters. The third-order valence-corrected chi connectivity index (χ3v) is 4.25. The Hall–Kier alpha value is -1.64. The van der Waals surface area contributed by atoms with Crippen molar-refractivity contribution in [3.63, 3.8) is 0 Å². The number of para-hydroxylation sites is 1. The summed E-state index contributed by atoms with van der Waals surface area (Å²) in [5, 5.41) is 15.1. The van der Waals surface area contributed by atoms with Crippen LogP contribution < -0.4 is 10.6 Å². The van der Waals surface area contributed by atoms with Crippen LogP contribution in [0.2, 0.25) is 0 Å². The van der Waals surface area contributed by atoms with Gasteiger partial charge in [0.25, 0.3) is 0 Å². The maximum Gasteiger partial charge on any atom is 0.191 e. The van der Waals surface area contributed by atoms with Crippen LogP contribution in [-0.2, 0) is 6.54 Å². The predicted molar refractivity (Wildman–Crippen MR) is 123 cm³/mol. The summed E-state index contributed by atoms with van der Waals surface area (Å²) < 4.78 is 1.97. The molecule has 0 aliphatic carbocycles. The van der Waals surface area contributed by atoms with Gasteiger partial charge in [-0.3, -0.25) is 4.57 Å². The Morgan fingerprint density at radius 1 is 1.15 bits per heavy atom. The van der Waals surface area contributed by atoms with Crippen molar-refractivity contribution in [1.29, 1.82) is 0 Å². The Kier molecular flexibility index (Phi) is 11.7. The van der Waals surface area contributed by atoms with Crippen LogP contribution in [0.1, 0.15) is 58.7 Å². The second kappa shape index (κ2) is 13.5. The SMILES string of the molecule is CCCCCCC(C)NC(=NCc1nncn1-c1ccccc1)NCC.I. The van der Waals surface area contributed by atoms with Gasteiger partial charge < -0.3 is 10.6 Å². The molecule has 0 bridgehead atoms. The molecule has 6 nitrogen and oxygen atoms in total. The van der Waals surface area contributed by atoms with Crippen molar-refractivity contribution in [1.82, 2.24) is 25.4 Å². The number of aliphatic imine (C=N–C) groups is 1. The van der Waals surface area contributed by atoms with Crippen LogP contribution >= 0.6 is 24.0 Å². The van der Waals surface area contributed by atoms with E-state index in [2.05, 4.69) is 41.6 Å². The van der Waals surface area contributed by atoms with Crippen molar-refractivity contribution >= 4 is 29.9 Å². The number of nitrogens with one attached hydrogen (secondary N) is 2. The van der Waals surface area contributed by atoms with Gasteiger partial charge in [-0.15, -0.1) is 34.2 Å². The molecule has 2 rings (SSSR count). The highest BCUT2D eigenvalue weighted by Gasteiger charge is 2.08. The van der Waals surface area contributed by atoms with Gasteiger partial charge in [0, 0.05) is 18.3 Å². The largest absolute Gasteiger partial charge is 0.357 e. The van der Waals surface area contributed by atoms with Gasteiger partial charge in [-0.1, -0.05) is 50.8 Å². The number of hydrogen-bond acceptors (Lipinski definition) is 3. The van der Waals surface area contributed by atoms with Gasteiger partial charge in [0.15, 0.2) is 11.8 Å². The molecule has 2 N–H and O–H groups in total. The standard InChI is InChI=1S/C20H32N6.HI/c1-4-6-7-9-12-17(3)24-20(21-5-2)22-15-19-25-23-16-26(19)18-13-10-8-11-14-18;/h8,10-11,13-14,16-17H,4-7,9,12,15H2,1-3H3,(H2,21,22,24);1H. The topological polar surface area (TPSA) is 67.1 Å². The molecule has 0 aliphatic rings. The lowest BCUT2D eigenvalue weighted by Crippen LogP contribution is -2.42. The van der Waals surface area contributed by atoms with E-state index in [1.165, 1.54) is 25.7 Å². The highest BCUT2D eigenvalue weighted by atomic mass is 127. The summed E-state index contributed by atoms with van der Waals surface area (Å²) in [5.41, 5.74) is 1.05. The lowest BCUT2D eigenvalue weighted by Gasteiger charge is -2.17. The zero-order valence-electron chi connectivity index (χ0n) is 16.7. The molecule has 7 heteroatoms. The maximum absolute atomic E-state index is 4.70. The number of unbranched alkanes of at least 4 members (excludes halogenated alkanes) is 3. The Morgan fingerprint density at radius 3 is 2.63 bits per heavy atom. The molecule has 27 heavy (non-hydrogen) atoms. The van der Waals surface area contributed by atoms with Crippen molar-refractivity contribution in [2.45, 2.75) is 65.5 Å². The van der Waals surface area contributed by atoms with Crippen LogP contribution in [0.25, 0.3) is 5.69 Å². The van der Waals surface area contributed by atoms with E-state index in [9.17, 15) is 0 Å². The number of hydrogen-bond donors (Lipinski definition) is 2. The van der Waals surface area contributed by atoms with E-state index in [4.69, 9.17) is 4.99 Å². The second-order valence-electron chi connectivity index (χ2n) is 6.54. The average molecular weight is 484 g/mol. The third kappa shape index (κ3) is 8.28. The van der Waals surface area contributed by atoms with Gasteiger partial charge in [0.05, 0.1) is 0 Å². The van der Waals surface area contributed by atoms with Gasteiger partial charge in [-0.25, -0.2) is 4.99 Å². The van der Waals surface area contributed by atoms with Crippen LogP contribution in [0.3, 0.4) is 0 Å². The molecule has 2 aromatic rings. The number of rotatable bonds is 10. The molecule has 0 spiro atoms. The summed E-state index contributed by atoms with van der Waals surface area (Å²) in [6.07, 6.45) is 8.03. The van der Waals surface area contributed by atoms with E-state index in [1.54, 1.807) is 6.33 Å². The fraction of sp³-hybridized carbons (Fsp3) is 0.550. The molecule has 1 aromatic heterocycles. The van der Waals surface area contributed by atoms with Gasteiger partial charge in [-0.05, 0) is 32.4 Å². The van der Waals surface area contributed by atoms with Crippen molar-refractivity contribution in [3.05, 3.63) is 42.5 Å². The predicted octanol–water partition coefficient (Wildman–Crippen LogP) is 4.30. The summed E-state index contributed by atoms with van der Waals surface area (Å²) in [4.78, 5) is 4.70. The summed E-state index contributed by atoms with van der Waals surface area (Å²) in [6.45, 7) is 7.85. The lowest BCUT2D eigenvalue weighted by atomic mass is 10.1. The Morgan fingerprint density at radius 2 is 1.93 bits per heavy atom. The number of aromatic nitrogens is 3. The van der Waals surface area contributed by atoms with Crippen molar-refractivity contribution in [3.8, 4) is 5.69 Å². The minimum atomic E-state index is 0. The van der Waals surface area contributed by atoms with Crippen LogP contribution in [0, 0.1) is 0 Å². The number of benzene rings is 1. The Labute approximate surface area is 180 Å². The summed E-state index contributed by atoms with van der Waals surface area (Å²) in [6, 6.07) is 10.5. The summed E-state index contributed by atoms with van der Waals surface area (Å²) in [5.74, 6) is 1.65. The normalized spacial score (nSPS) is 12.3. The molecule has 0 amide bonds. The molecular formula is C20H33IN6. The number of guanidine groups is 1. The van der Waals surface area contributed by atoms with Crippen molar-refractivity contribution in [2.75, 3.05) is 6.54 Å². The van der Waals surface area contributed by atoms with Crippen LogP contribution in [-0.4, -0.2) is 33.3 Å². The van der Waals surface area contributed by atoms with Crippen molar-refractivity contribution in [2.24, 2.45) is 4.99 Å². The molecule has 150 valence electrons. The van der Waals surface area contributed by atoms with Crippen LogP contribution in [0.15, 0.2) is 41.7 Å². The van der Waals surface area contributed by atoms with E-state index in [0.29, 0.717) is 12.6 Å². The molecule has 0 aliphatic heterocycles. The van der Waals surface area contributed by atoms with Crippen LogP contribution in [0.4, 0.5) is 0 Å². The highest BCUT2D eigenvalue weighted by Crippen LogP contribution is 2.10. The average Bonchev–Trinajstić information content (AvgIpc) is 3.13. The van der Waals surface area contributed by atoms with Gasteiger partial charge >= 0.3 is 0 Å². The van der Waals surface area contributed by atoms with E-state index in [0.717, 1.165) is 30.4 Å². The first-order valence-corrected chi connectivity index (χ1v) is 9.73. The summed E-state index contributed by atoms with van der Waals surface area (Å²) >= 11 is 0. The fourth-order valence-electron chi connectivity index (χ4n) is 2.82.